The van der Waals surface area contributed by atoms with Gasteiger partial charge < -0.3 is 15.1 Å². The van der Waals surface area contributed by atoms with Crippen LogP contribution in [0.25, 0.3) is 5.95 Å². The van der Waals surface area contributed by atoms with Crippen LogP contribution in [0.2, 0.25) is 0 Å². The maximum absolute atomic E-state index is 12.5. The van der Waals surface area contributed by atoms with Gasteiger partial charge in [-0.15, -0.1) is 0 Å². The van der Waals surface area contributed by atoms with Crippen molar-refractivity contribution in [3.05, 3.63) is 54.6 Å². The average Bonchev–Trinajstić information content (AvgIpc) is 3.10. The fourth-order valence-corrected chi connectivity index (χ4v) is 2.29. The molecule has 8 nitrogen and oxygen atoms in total. The fraction of sp³-hybridized carbons (Fsp3) is 0.222. The average molecular weight is 351 g/mol. The Labute approximate surface area is 152 Å². The van der Waals surface area contributed by atoms with Crippen molar-refractivity contribution in [2.45, 2.75) is 0 Å². The quantitative estimate of drug-likeness (QED) is 0.758. The largest absolute Gasteiger partial charge is 0.378 e. The van der Waals surface area contributed by atoms with Gasteiger partial charge in [0.1, 0.15) is 0 Å². The Morgan fingerprint density at radius 2 is 1.69 bits per heavy atom. The lowest BCUT2D eigenvalue weighted by Gasteiger charge is -2.13. The highest BCUT2D eigenvalue weighted by Gasteiger charge is 2.10. The molecular formula is C18H21N7O. The van der Waals surface area contributed by atoms with E-state index in [1.165, 1.54) is 4.68 Å². The minimum Gasteiger partial charge on any atom is -0.378 e. The van der Waals surface area contributed by atoms with E-state index in [1.54, 1.807) is 30.9 Å². The summed E-state index contributed by atoms with van der Waals surface area (Å²) in [5, 5.41) is 7.05. The summed E-state index contributed by atoms with van der Waals surface area (Å²) in [7, 11) is 7.71. The van der Waals surface area contributed by atoms with Crippen molar-refractivity contribution >= 4 is 23.0 Å². The number of hydrogen-bond acceptors (Lipinski definition) is 6. The Kier molecular flexibility index (Phi) is 4.83. The lowest BCUT2D eigenvalue weighted by atomic mass is 10.2. The lowest BCUT2D eigenvalue weighted by Crippen LogP contribution is -2.14. The molecule has 2 heterocycles. The van der Waals surface area contributed by atoms with Gasteiger partial charge in [0.25, 0.3) is 11.9 Å². The third kappa shape index (κ3) is 3.80. The summed E-state index contributed by atoms with van der Waals surface area (Å²) in [6, 6.07) is 7.41. The first-order chi connectivity index (χ1) is 12.4. The number of nitrogens with zero attached hydrogens (tertiary/aromatic N) is 6. The van der Waals surface area contributed by atoms with Crippen molar-refractivity contribution in [1.82, 2.24) is 19.7 Å². The standard InChI is InChI=1S/C18H21N7O/c1-23(2)15-7-5-6-13(8-15)17(26)22-14-9-21-25(12-14)18-19-10-16(11-20-18)24(3)4/h5-12H,1-4H3,(H,22,26). The molecule has 0 fully saturated rings. The smallest absolute Gasteiger partial charge is 0.255 e. The van der Waals surface area contributed by atoms with Gasteiger partial charge in [0, 0.05) is 39.4 Å². The van der Waals surface area contributed by atoms with E-state index in [1.807, 2.05) is 56.2 Å². The predicted octanol–water partition coefficient (Wildman–Crippen LogP) is 2.05. The maximum atomic E-state index is 12.5. The second-order valence-corrected chi connectivity index (χ2v) is 6.21. The van der Waals surface area contributed by atoms with E-state index in [0.29, 0.717) is 17.2 Å². The lowest BCUT2D eigenvalue weighted by molar-refractivity contribution is 0.102. The van der Waals surface area contributed by atoms with Crippen molar-refractivity contribution < 1.29 is 4.79 Å². The van der Waals surface area contributed by atoms with Gasteiger partial charge in [0.15, 0.2) is 0 Å². The van der Waals surface area contributed by atoms with Crippen LogP contribution in [0.4, 0.5) is 17.1 Å². The molecule has 0 saturated heterocycles. The van der Waals surface area contributed by atoms with E-state index in [0.717, 1.165) is 11.4 Å². The zero-order valence-corrected chi connectivity index (χ0v) is 15.2. The maximum Gasteiger partial charge on any atom is 0.255 e. The molecule has 0 aliphatic carbocycles. The molecule has 26 heavy (non-hydrogen) atoms. The summed E-state index contributed by atoms with van der Waals surface area (Å²) >= 11 is 0. The number of amides is 1. The van der Waals surface area contributed by atoms with Crippen molar-refractivity contribution in [3.8, 4) is 5.95 Å². The third-order valence-corrected chi connectivity index (χ3v) is 3.81. The summed E-state index contributed by atoms with van der Waals surface area (Å²) < 4.78 is 1.52. The number of rotatable bonds is 5. The third-order valence-electron chi connectivity index (χ3n) is 3.81. The first-order valence-electron chi connectivity index (χ1n) is 8.07. The zero-order valence-electron chi connectivity index (χ0n) is 15.2. The molecule has 0 saturated carbocycles. The van der Waals surface area contributed by atoms with Crippen LogP contribution in [0.3, 0.4) is 0 Å². The molecule has 0 bridgehead atoms. The van der Waals surface area contributed by atoms with Crippen molar-refractivity contribution in [3.63, 3.8) is 0 Å². The van der Waals surface area contributed by atoms with E-state index in [9.17, 15) is 4.79 Å². The number of hydrogen-bond donors (Lipinski definition) is 1. The van der Waals surface area contributed by atoms with Crippen LogP contribution in [0.15, 0.2) is 49.1 Å². The van der Waals surface area contributed by atoms with Crippen LogP contribution in [0.1, 0.15) is 10.4 Å². The first kappa shape index (κ1) is 17.4. The Hall–Kier alpha value is -3.42. The van der Waals surface area contributed by atoms with Gasteiger partial charge in [-0.25, -0.2) is 14.6 Å². The predicted molar refractivity (Wildman–Crippen MR) is 102 cm³/mol. The zero-order chi connectivity index (χ0) is 18.7. The summed E-state index contributed by atoms with van der Waals surface area (Å²) in [6.45, 7) is 0. The molecule has 3 aromatic rings. The highest BCUT2D eigenvalue weighted by molar-refractivity contribution is 6.04. The number of nitrogens with one attached hydrogen (secondary N) is 1. The van der Waals surface area contributed by atoms with Gasteiger partial charge in [-0.3, -0.25) is 4.79 Å². The van der Waals surface area contributed by atoms with E-state index >= 15 is 0 Å². The molecule has 3 rings (SSSR count). The van der Waals surface area contributed by atoms with Crippen LogP contribution in [0, 0.1) is 0 Å². The molecule has 0 aliphatic rings. The van der Waals surface area contributed by atoms with Crippen LogP contribution in [0.5, 0.6) is 0 Å². The molecule has 0 radical (unpaired) electrons. The van der Waals surface area contributed by atoms with Crippen molar-refractivity contribution in [2.75, 3.05) is 43.3 Å². The molecular weight excluding hydrogens is 330 g/mol. The molecule has 1 amide bonds. The van der Waals surface area contributed by atoms with Gasteiger partial charge in [-0.1, -0.05) is 6.07 Å². The Bertz CT molecular complexity index is 900. The number of carbonyl (C=O) groups is 1. The van der Waals surface area contributed by atoms with Gasteiger partial charge in [-0.05, 0) is 18.2 Å². The number of benzene rings is 1. The first-order valence-corrected chi connectivity index (χ1v) is 8.07. The number of carbonyl (C=O) groups excluding carboxylic acids is 1. The Morgan fingerprint density at radius 3 is 2.35 bits per heavy atom. The van der Waals surface area contributed by atoms with Crippen LogP contribution < -0.4 is 15.1 Å². The molecule has 1 aromatic carbocycles. The van der Waals surface area contributed by atoms with Gasteiger partial charge in [0.2, 0.25) is 0 Å². The topological polar surface area (TPSA) is 79.2 Å². The highest BCUT2D eigenvalue weighted by atomic mass is 16.1. The summed E-state index contributed by atoms with van der Waals surface area (Å²) in [6.07, 6.45) is 6.68. The molecule has 0 spiro atoms. The fourth-order valence-electron chi connectivity index (χ4n) is 2.29. The highest BCUT2D eigenvalue weighted by Crippen LogP contribution is 2.16. The second-order valence-electron chi connectivity index (χ2n) is 6.21. The normalized spacial score (nSPS) is 10.5. The van der Waals surface area contributed by atoms with Crippen molar-refractivity contribution in [2.24, 2.45) is 0 Å². The van der Waals surface area contributed by atoms with Crippen molar-refractivity contribution in [1.29, 1.82) is 0 Å². The molecule has 0 unspecified atom stereocenters. The van der Waals surface area contributed by atoms with E-state index < -0.39 is 0 Å². The van der Waals surface area contributed by atoms with E-state index in [2.05, 4.69) is 20.4 Å². The van der Waals surface area contributed by atoms with Gasteiger partial charge in [0.05, 0.1) is 36.2 Å². The Balaban J connectivity index is 1.74. The van der Waals surface area contributed by atoms with Crippen LogP contribution in [-0.4, -0.2) is 53.8 Å². The Morgan fingerprint density at radius 1 is 1.00 bits per heavy atom. The monoisotopic (exact) mass is 351 g/mol. The van der Waals surface area contributed by atoms with E-state index in [4.69, 9.17) is 0 Å². The molecule has 8 heteroatoms. The number of aromatic nitrogens is 4. The SMILES string of the molecule is CN(C)c1cnc(-n2cc(NC(=O)c3cccc(N(C)C)c3)cn2)nc1. The minimum atomic E-state index is -0.197. The van der Waals surface area contributed by atoms with Gasteiger partial charge in [-0.2, -0.15) is 5.10 Å². The van der Waals surface area contributed by atoms with Gasteiger partial charge >= 0.3 is 0 Å². The molecule has 134 valence electrons. The second kappa shape index (κ2) is 7.22. The molecule has 1 N–H and O–H groups in total. The van der Waals surface area contributed by atoms with Crippen LogP contribution in [-0.2, 0) is 0 Å². The molecule has 0 atom stereocenters. The summed E-state index contributed by atoms with van der Waals surface area (Å²) in [5.41, 5.74) is 3.01. The van der Waals surface area contributed by atoms with Crippen LogP contribution >= 0.6 is 0 Å². The minimum absolute atomic E-state index is 0.197. The number of anilines is 3. The summed E-state index contributed by atoms with van der Waals surface area (Å²) in [5.74, 6) is 0.239. The summed E-state index contributed by atoms with van der Waals surface area (Å²) in [4.78, 5) is 24.9. The molecule has 2 aromatic heterocycles. The molecule has 0 aliphatic heterocycles. The van der Waals surface area contributed by atoms with E-state index in [-0.39, 0.29) is 5.91 Å².